The molecule has 32 heavy (non-hydrogen) atoms. The van der Waals surface area contributed by atoms with Crippen molar-refractivity contribution >= 4 is 29.3 Å². The molecule has 2 aliphatic rings. The van der Waals surface area contributed by atoms with Crippen LogP contribution in [0.4, 0.5) is 4.79 Å². The summed E-state index contributed by atoms with van der Waals surface area (Å²) in [5, 5.41) is 0. The van der Waals surface area contributed by atoms with Gasteiger partial charge in [0, 0.05) is 40.1 Å². The minimum absolute atomic E-state index is 0.165. The molecule has 0 unspecified atom stereocenters. The summed E-state index contributed by atoms with van der Waals surface area (Å²) < 4.78 is 0. The first-order chi connectivity index (χ1) is 15.3. The maximum Gasteiger partial charge on any atom is 0.332 e. The molecule has 1 aliphatic carbocycles. The Morgan fingerprint density at radius 3 is 2.41 bits per heavy atom. The van der Waals surface area contributed by atoms with Crippen molar-refractivity contribution in [3.05, 3.63) is 71.6 Å². The molecule has 1 aromatic heterocycles. The van der Waals surface area contributed by atoms with Crippen LogP contribution in [-0.4, -0.2) is 71.1 Å². The van der Waals surface area contributed by atoms with Gasteiger partial charge in [0.15, 0.2) is 0 Å². The van der Waals surface area contributed by atoms with Crippen LogP contribution in [0, 0.1) is 5.41 Å². The van der Waals surface area contributed by atoms with E-state index in [0.29, 0.717) is 12.1 Å². The van der Waals surface area contributed by atoms with Gasteiger partial charge in [-0.1, -0.05) is 30.3 Å². The van der Waals surface area contributed by atoms with E-state index in [2.05, 4.69) is 4.98 Å². The lowest BCUT2D eigenvalue weighted by atomic mass is 9.67. The molecule has 0 atom stereocenters. The van der Waals surface area contributed by atoms with Crippen molar-refractivity contribution < 1.29 is 19.2 Å². The number of aromatic nitrogens is 1. The lowest BCUT2D eigenvalue weighted by molar-refractivity contribution is -0.156. The van der Waals surface area contributed by atoms with Gasteiger partial charge >= 0.3 is 6.03 Å². The Kier molecular flexibility index (Phi) is 5.38. The van der Waals surface area contributed by atoms with E-state index >= 15 is 0 Å². The number of benzene rings is 1. The van der Waals surface area contributed by atoms with Gasteiger partial charge in [-0.3, -0.25) is 29.2 Å². The molecular formula is C24H24N4O4. The third kappa shape index (κ3) is 3.37. The molecule has 8 heteroatoms. The SMILES string of the molecule is CN(C/C=C1/CC2(Cc3ccccc31)C(=O)N(C)C(=O)N(C)C2=O)C(=O)c1cccnc1. The summed E-state index contributed by atoms with van der Waals surface area (Å²) in [5.74, 6) is -1.17. The second kappa shape index (κ2) is 8.03. The summed E-state index contributed by atoms with van der Waals surface area (Å²) in [7, 11) is 4.49. The van der Waals surface area contributed by atoms with Crippen molar-refractivity contribution in [1.82, 2.24) is 19.7 Å². The summed E-state index contributed by atoms with van der Waals surface area (Å²) in [5.41, 5.74) is 1.72. The molecule has 8 nitrogen and oxygen atoms in total. The Hall–Kier alpha value is -3.81. The molecule has 5 amide bonds. The van der Waals surface area contributed by atoms with Crippen molar-refractivity contribution in [1.29, 1.82) is 0 Å². The molecule has 1 fully saturated rings. The summed E-state index contributed by atoms with van der Waals surface area (Å²) in [6.45, 7) is 0.292. The number of allylic oxidation sites excluding steroid dienone is 1. The van der Waals surface area contributed by atoms with Crippen LogP contribution in [-0.2, 0) is 16.0 Å². The highest BCUT2D eigenvalue weighted by Gasteiger charge is 2.57. The molecule has 1 saturated heterocycles. The largest absolute Gasteiger partial charge is 0.338 e. The lowest BCUT2D eigenvalue weighted by Gasteiger charge is -2.44. The summed E-state index contributed by atoms with van der Waals surface area (Å²) in [6.07, 6.45) is 5.39. The number of hydrogen-bond acceptors (Lipinski definition) is 5. The number of amides is 5. The van der Waals surface area contributed by atoms with E-state index in [0.717, 1.165) is 26.5 Å². The van der Waals surface area contributed by atoms with E-state index in [1.54, 1.807) is 30.3 Å². The minimum Gasteiger partial charge on any atom is -0.338 e. The van der Waals surface area contributed by atoms with E-state index < -0.39 is 23.3 Å². The average molecular weight is 432 g/mol. The monoisotopic (exact) mass is 432 g/mol. The number of imide groups is 2. The number of carbonyl (C=O) groups excluding carboxylic acids is 4. The van der Waals surface area contributed by atoms with Crippen LogP contribution in [0.2, 0.25) is 0 Å². The lowest BCUT2D eigenvalue weighted by Crippen LogP contribution is -2.64. The molecule has 0 N–H and O–H groups in total. The third-order valence-corrected chi connectivity index (χ3v) is 6.22. The third-order valence-electron chi connectivity index (χ3n) is 6.22. The Morgan fingerprint density at radius 1 is 1.06 bits per heavy atom. The summed E-state index contributed by atoms with van der Waals surface area (Å²) in [4.78, 5) is 59.0. The smallest absolute Gasteiger partial charge is 0.332 e. The first-order valence-corrected chi connectivity index (χ1v) is 10.3. The average Bonchev–Trinajstić information content (AvgIpc) is 2.83. The van der Waals surface area contributed by atoms with Crippen LogP contribution in [0.3, 0.4) is 0 Å². The number of likely N-dealkylation sites (N-methyl/N-ethyl adjacent to an activating group) is 1. The number of carbonyl (C=O) groups is 4. The predicted molar refractivity (Wildman–Crippen MR) is 117 cm³/mol. The Morgan fingerprint density at radius 2 is 1.75 bits per heavy atom. The maximum absolute atomic E-state index is 13.2. The van der Waals surface area contributed by atoms with Gasteiger partial charge < -0.3 is 4.90 Å². The van der Waals surface area contributed by atoms with Crippen molar-refractivity contribution in [3.8, 4) is 0 Å². The molecule has 164 valence electrons. The zero-order chi connectivity index (χ0) is 23.0. The molecular weight excluding hydrogens is 408 g/mol. The highest BCUT2D eigenvalue weighted by atomic mass is 16.2. The predicted octanol–water partition coefficient (Wildman–Crippen LogP) is 2.22. The topological polar surface area (TPSA) is 90.9 Å². The molecule has 1 aliphatic heterocycles. The van der Waals surface area contributed by atoms with Gasteiger partial charge in [0.2, 0.25) is 11.8 Å². The molecule has 2 heterocycles. The van der Waals surface area contributed by atoms with Crippen LogP contribution in [0.25, 0.3) is 5.57 Å². The summed E-state index contributed by atoms with van der Waals surface area (Å²) >= 11 is 0. The number of hydrogen-bond donors (Lipinski definition) is 0. The number of nitrogens with zero attached hydrogens (tertiary/aromatic N) is 4. The minimum atomic E-state index is -1.37. The quantitative estimate of drug-likeness (QED) is 0.694. The first kappa shape index (κ1) is 21.4. The van der Waals surface area contributed by atoms with Crippen LogP contribution < -0.4 is 0 Å². The molecule has 4 rings (SSSR count). The summed E-state index contributed by atoms with van der Waals surface area (Å²) in [6, 6.07) is 10.4. The second-order valence-corrected chi connectivity index (χ2v) is 8.26. The molecule has 1 spiro atoms. The number of barbiturate groups is 1. The van der Waals surface area contributed by atoms with E-state index in [9.17, 15) is 19.2 Å². The zero-order valence-electron chi connectivity index (χ0n) is 18.2. The van der Waals surface area contributed by atoms with Gasteiger partial charge in [0.05, 0.1) is 5.56 Å². The fraction of sp³-hybridized carbons (Fsp3) is 0.292. The Balaban J connectivity index is 1.69. The van der Waals surface area contributed by atoms with Gasteiger partial charge in [-0.25, -0.2) is 4.79 Å². The van der Waals surface area contributed by atoms with Crippen LogP contribution in [0.1, 0.15) is 27.9 Å². The first-order valence-electron chi connectivity index (χ1n) is 10.3. The Labute approximate surface area is 186 Å². The van der Waals surface area contributed by atoms with Gasteiger partial charge in [0.25, 0.3) is 5.91 Å². The van der Waals surface area contributed by atoms with Crippen LogP contribution in [0.5, 0.6) is 0 Å². The van der Waals surface area contributed by atoms with E-state index in [1.165, 1.54) is 20.3 Å². The highest BCUT2D eigenvalue weighted by molar-refractivity contribution is 6.20. The fourth-order valence-corrected chi connectivity index (χ4v) is 4.45. The maximum atomic E-state index is 13.2. The molecule has 0 bridgehead atoms. The molecule has 1 aromatic carbocycles. The van der Waals surface area contributed by atoms with Crippen LogP contribution >= 0.6 is 0 Å². The van der Waals surface area contributed by atoms with E-state index in [-0.39, 0.29) is 18.7 Å². The number of pyridine rings is 1. The van der Waals surface area contributed by atoms with Gasteiger partial charge in [0.1, 0.15) is 5.41 Å². The normalized spacial score (nSPS) is 18.8. The van der Waals surface area contributed by atoms with Gasteiger partial charge in [-0.05, 0) is 41.7 Å². The fourth-order valence-electron chi connectivity index (χ4n) is 4.45. The Bertz CT molecular complexity index is 1120. The van der Waals surface area contributed by atoms with Gasteiger partial charge in [-0.2, -0.15) is 0 Å². The second-order valence-electron chi connectivity index (χ2n) is 8.26. The van der Waals surface area contributed by atoms with E-state index in [1.807, 2.05) is 30.3 Å². The highest BCUT2D eigenvalue weighted by Crippen LogP contribution is 2.45. The van der Waals surface area contributed by atoms with Crippen molar-refractivity contribution in [2.24, 2.45) is 5.41 Å². The number of urea groups is 1. The van der Waals surface area contributed by atoms with Crippen molar-refractivity contribution in [2.45, 2.75) is 12.8 Å². The van der Waals surface area contributed by atoms with Gasteiger partial charge in [-0.15, -0.1) is 0 Å². The number of fused-ring (bicyclic) bond motifs is 1. The van der Waals surface area contributed by atoms with Crippen molar-refractivity contribution in [2.75, 3.05) is 27.7 Å². The molecule has 0 radical (unpaired) electrons. The van der Waals surface area contributed by atoms with Crippen LogP contribution in [0.15, 0.2) is 54.9 Å². The van der Waals surface area contributed by atoms with E-state index in [4.69, 9.17) is 0 Å². The number of rotatable bonds is 3. The van der Waals surface area contributed by atoms with Crippen molar-refractivity contribution in [3.63, 3.8) is 0 Å². The zero-order valence-corrected chi connectivity index (χ0v) is 18.2. The standard InChI is InChI=1S/C24H24N4O4/c1-26(20(29)18-8-6-11-25-15-18)12-10-17-14-24(13-16-7-4-5-9-19(16)17)21(30)27(2)23(32)28(3)22(24)31/h4-11,15H,12-14H2,1-3H3/b17-10-. The molecule has 2 aromatic rings. The molecule has 0 saturated carbocycles.